The van der Waals surface area contributed by atoms with E-state index in [0.29, 0.717) is 4.91 Å². The number of hydrogen-bond acceptors (Lipinski definition) is 6. The average Bonchev–Trinajstić information content (AvgIpc) is 3.14. The summed E-state index contributed by atoms with van der Waals surface area (Å²) in [6.45, 7) is 5.20. The Kier molecular flexibility index (Phi) is 4.96. The molecule has 150 valence electrons. The van der Waals surface area contributed by atoms with Crippen molar-refractivity contribution in [3.05, 3.63) is 70.8 Å². The van der Waals surface area contributed by atoms with Crippen molar-refractivity contribution >= 4 is 45.5 Å². The summed E-state index contributed by atoms with van der Waals surface area (Å²) in [5.74, 6) is 0.740. The minimum absolute atomic E-state index is 0.157. The lowest BCUT2D eigenvalue weighted by molar-refractivity contribution is -0.113. The third-order valence-corrected chi connectivity index (χ3v) is 6.38. The fourth-order valence-electron chi connectivity index (χ4n) is 3.67. The predicted molar refractivity (Wildman–Crippen MR) is 123 cm³/mol. The van der Waals surface area contributed by atoms with Gasteiger partial charge in [-0.3, -0.25) is 4.79 Å². The van der Waals surface area contributed by atoms with Crippen LogP contribution in [0.5, 0.6) is 0 Å². The minimum Gasteiger partial charge on any atom is -0.352 e. The molecule has 2 aromatic carbocycles. The average molecular weight is 416 g/mol. The number of anilines is 1. The standard InChI is InChI=1S/C23H21N5OS/c1-16-6-9-21(26-25-16)27-10-12-28(13-11-27)23-24-22(29)20(30-23)15-17-7-8-18-4-2-3-5-19(18)14-17/h2-9,14-15H,10-13H2,1H3. The number of amidine groups is 1. The minimum atomic E-state index is -0.157. The van der Waals surface area contributed by atoms with E-state index in [0.717, 1.165) is 48.4 Å². The molecule has 0 N–H and O–H groups in total. The second kappa shape index (κ2) is 7.91. The van der Waals surface area contributed by atoms with Gasteiger partial charge in [0.05, 0.1) is 10.6 Å². The molecule has 1 aromatic heterocycles. The maximum atomic E-state index is 12.5. The molecule has 1 saturated heterocycles. The Bertz CT molecular complexity index is 1160. The number of aryl methyl sites for hydroxylation is 1. The maximum Gasteiger partial charge on any atom is 0.286 e. The van der Waals surface area contributed by atoms with Crippen LogP contribution in [0.3, 0.4) is 0 Å². The van der Waals surface area contributed by atoms with Crippen LogP contribution in [0, 0.1) is 6.92 Å². The molecule has 2 aliphatic heterocycles. The quantitative estimate of drug-likeness (QED) is 0.595. The van der Waals surface area contributed by atoms with E-state index in [-0.39, 0.29) is 5.91 Å². The van der Waals surface area contributed by atoms with E-state index < -0.39 is 0 Å². The summed E-state index contributed by atoms with van der Waals surface area (Å²) in [7, 11) is 0. The lowest BCUT2D eigenvalue weighted by atomic mass is 10.1. The number of carbonyl (C=O) groups is 1. The zero-order chi connectivity index (χ0) is 20.5. The summed E-state index contributed by atoms with van der Waals surface area (Å²) in [4.78, 5) is 21.9. The number of thioether (sulfide) groups is 1. The number of rotatable bonds is 2. The number of aliphatic imine (C=N–C) groups is 1. The molecule has 3 aromatic rings. The van der Waals surface area contributed by atoms with E-state index in [1.165, 1.54) is 22.5 Å². The molecule has 7 heteroatoms. The molecule has 0 atom stereocenters. The Morgan fingerprint density at radius 3 is 2.43 bits per heavy atom. The van der Waals surface area contributed by atoms with Crippen molar-refractivity contribution in [1.82, 2.24) is 15.1 Å². The number of amides is 1. The van der Waals surface area contributed by atoms with Crippen molar-refractivity contribution in [1.29, 1.82) is 0 Å². The molecule has 6 nitrogen and oxygen atoms in total. The van der Waals surface area contributed by atoms with Crippen molar-refractivity contribution in [2.45, 2.75) is 6.92 Å². The topological polar surface area (TPSA) is 61.7 Å². The number of hydrogen-bond donors (Lipinski definition) is 0. The van der Waals surface area contributed by atoms with E-state index in [1.807, 2.05) is 43.3 Å². The van der Waals surface area contributed by atoms with Gasteiger partial charge < -0.3 is 9.80 Å². The fourth-order valence-corrected chi connectivity index (χ4v) is 4.63. The Morgan fingerprint density at radius 1 is 0.900 bits per heavy atom. The van der Waals surface area contributed by atoms with Crippen molar-refractivity contribution in [3.63, 3.8) is 0 Å². The van der Waals surface area contributed by atoms with Gasteiger partial charge >= 0.3 is 0 Å². The second-order valence-electron chi connectivity index (χ2n) is 7.42. The maximum absolute atomic E-state index is 12.5. The molecule has 0 saturated carbocycles. The largest absolute Gasteiger partial charge is 0.352 e. The van der Waals surface area contributed by atoms with Gasteiger partial charge in [-0.25, -0.2) is 0 Å². The predicted octanol–water partition coefficient (Wildman–Crippen LogP) is 3.73. The van der Waals surface area contributed by atoms with Gasteiger partial charge in [0.1, 0.15) is 0 Å². The Morgan fingerprint density at radius 2 is 1.67 bits per heavy atom. The van der Waals surface area contributed by atoms with E-state index in [4.69, 9.17) is 0 Å². The summed E-state index contributed by atoms with van der Waals surface area (Å²) in [5.41, 5.74) is 1.93. The van der Waals surface area contributed by atoms with E-state index >= 15 is 0 Å². The van der Waals surface area contributed by atoms with Crippen molar-refractivity contribution < 1.29 is 4.79 Å². The molecule has 0 spiro atoms. The Labute approximate surface area is 179 Å². The monoisotopic (exact) mass is 415 g/mol. The van der Waals surface area contributed by atoms with Crippen molar-refractivity contribution in [2.24, 2.45) is 4.99 Å². The molecule has 30 heavy (non-hydrogen) atoms. The number of nitrogens with zero attached hydrogens (tertiary/aromatic N) is 5. The van der Waals surface area contributed by atoms with Crippen molar-refractivity contribution in [2.75, 3.05) is 31.1 Å². The molecule has 2 aliphatic rings. The molecular formula is C23H21N5OS. The number of aromatic nitrogens is 2. The van der Waals surface area contributed by atoms with Crippen LogP contribution < -0.4 is 4.90 Å². The first-order valence-corrected chi connectivity index (χ1v) is 10.8. The molecule has 1 fully saturated rings. The Balaban J connectivity index is 1.26. The highest BCUT2D eigenvalue weighted by molar-refractivity contribution is 8.18. The highest BCUT2D eigenvalue weighted by atomic mass is 32.2. The lowest BCUT2D eigenvalue weighted by Gasteiger charge is -2.35. The third kappa shape index (κ3) is 3.80. The molecule has 1 amide bonds. The molecule has 0 aliphatic carbocycles. The highest BCUT2D eigenvalue weighted by Gasteiger charge is 2.28. The third-order valence-electron chi connectivity index (χ3n) is 5.34. The first kappa shape index (κ1) is 18.8. The number of fused-ring (bicyclic) bond motifs is 1. The van der Waals surface area contributed by atoms with Crippen LogP contribution >= 0.6 is 11.8 Å². The van der Waals surface area contributed by atoms with E-state index in [2.05, 4.69) is 49.3 Å². The normalized spacial score (nSPS) is 18.4. The summed E-state index contributed by atoms with van der Waals surface area (Å²) in [5, 5.41) is 11.6. The molecule has 5 rings (SSSR count). The van der Waals surface area contributed by atoms with Gasteiger partial charge in [0.15, 0.2) is 11.0 Å². The van der Waals surface area contributed by atoms with Crippen LogP contribution in [-0.2, 0) is 4.79 Å². The van der Waals surface area contributed by atoms with Crippen molar-refractivity contribution in [3.8, 4) is 0 Å². The summed E-state index contributed by atoms with van der Waals surface area (Å²) in [6, 6.07) is 18.5. The fraction of sp³-hybridized carbons (Fsp3) is 0.217. The van der Waals surface area contributed by atoms with E-state index in [1.54, 1.807) is 0 Å². The zero-order valence-electron chi connectivity index (χ0n) is 16.7. The van der Waals surface area contributed by atoms with Gasteiger partial charge in [0, 0.05) is 26.2 Å². The van der Waals surface area contributed by atoms with E-state index in [9.17, 15) is 4.79 Å². The first-order valence-electron chi connectivity index (χ1n) is 9.97. The number of carbonyl (C=O) groups excluding carboxylic acids is 1. The number of piperazine rings is 1. The first-order chi connectivity index (χ1) is 14.7. The summed E-state index contributed by atoms with van der Waals surface area (Å²) in [6.07, 6.45) is 1.94. The van der Waals surface area contributed by atoms with Gasteiger partial charge in [-0.2, -0.15) is 10.1 Å². The zero-order valence-corrected chi connectivity index (χ0v) is 17.5. The van der Waals surface area contributed by atoms with Gasteiger partial charge in [-0.1, -0.05) is 36.4 Å². The lowest BCUT2D eigenvalue weighted by Crippen LogP contribution is -2.48. The SMILES string of the molecule is Cc1ccc(N2CCN(C3=NC(=O)C(=Cc4ccc5ccccc5c4)S3)CC2)nn1. The smallest absolute Gasteiger partial charge is 0.286 e. The molecule has 0 unspecified atom stereocenters. The molecule has 3 heterocycles. The van der Waals surface area contributed by atoms with Crippen LogP contribution in [0.1, 0.15) is 11.3 Å². The highest BCUT2D eigenvalue weighted by Crippen LogP contribution is 2.31. The summed E-state index contributed by atoms with van der Waals surface area (Å²) < 4.78 is 0. The molecular weight excluding hydrogens is 394 g/mol. The van der Waals surface area contributed by atoms with Crippen LogP contribution in [0.15, 0.2) is 64.5 Å². The Hall–Kier alpha value is -3.19. The van der Waals surface area contributed by atoms with Gasteiger partial charge in [0.2, 0.25) is 0 Å². The van der Waals surface area contributed by atoms with Gasteiger partial charge in [-0.15, -0.1) is 5.10 Å². The molecule has 0 bridgehead atoms. The molecule has 0 radical (unpaired) electrons. The summed E-state index contributed by atoms with van der Waals surface area (Å²) >= 11 is 1.47. The van der Waals surface area contributed by atoms with Gasteiger partial charge in [0.25, 0.3) is 5.91 Å². The van der Waals surface area contributed by atoms with Crippen LogP contribution in [0.25, 0.3) is 16.8 Å². The second-order valence-corrected chi connectivity index (χ2v) is 8.43. The van der Waals surface area contributed by atoms with Gasteiger partial charge in [-0.05, 0) is 59.3 Å². The van der Waals surface area contributed by atoms with Crippen LogP contribution in [-0.4, -0.2) is 52.4 Å². The number of benzene rings is 2. The van der Waals surface area contributed by atoms with Crippen LogP contribution in [0.2, 0.25) is 0 Å². The van der Waals surface area contributed by atoms with Crippen LogP contribution in [0.4, 0.5) is 5.82 Å².